The summed E-state index contributed by atoms with van der Waals surface area (Å²) in [6.45, 7) is 2.28. The predicted octanol–water partition coefficient (Wildman–Crippen LogP) is 5.99. The molecule has 0 nitrogen and oxygen atoms in total. The molecule has 1 rings (SSSR count). The molecular weight excluding hydrogens is 303 g/mol. The Morgan fingerprint density at radius 3 is 1.52 bits per heavy atom. The Kier molecular flexibility index (Phi) is 26.7. The zero-order chi connectivity index (χ0) is 12.9. The number of aryl methyl sites for hydroxylation is 1. The van der Waals surface area contributed by atoms with Crippen molar-refractivity contribution < 1.29 is 0 Å². The summed E-state index contributed by atoms with van der Waals surface area (Å²) < 4.78 is 0. The van der Waals surface area contributed by atoms with Crippen LogP contribution in [0.3, 0.4) is 0 Å². The van der Waals surface area contributed by atoms with Gasteiger partial charge < -0.3 is 0 Å². The molecule has 0 heterocycles. The first-order chi connectivity index (χ1) is 8.93. The zero-order valence-corrected chi connectivity index (χ0v) is 18.2. The van der Waals surface area contributed by atoms with Crippen LogP contribution in [0.1, 0.15) is 76.7 Å². The van der Waals surface area contributed by atoms with Crippen molar-refractivity contribution in [3.63, 3.8) is 0 Å². The quantitative estimate of drug-likeness (QED) is 0.343. The van der Waals surface area contributed by atoms with Crippen molar-refractivity contribution in [1.82, 2.24) is 0 Å². The molecule has 0 bridgehead atoms. The molecule has 0 saturated carbocycles. The van der Waals surface area contributed by atoms with Gasteiger partial charge in [-0.3, -0.25) is 0 Å². The van der Waals surface area contributed by atoms with E-state index in [9.17, 15) is 0 Å². The Bertz CT molecular complexity index is 278. The number of hydrogen-bond donors (Lipinski definition) is 0. The second-order valence-corrected chi connectivity index (χ2v) is 5.42. The van der Waals surface area contributed by atoms with E-state index in [0.29, 0.717) is 0 Å². The van der Waals surface area contributed by atoms with Crippen molar-refractivity contribution in [2.24, 2.45) is 0 Å². The smallest absolute Gasteiger partial charge is 0 e. The number of hydrogen-bond acceptors (Lipinski definition) is 0. The minimum absolute atomic E-state index is 0. The van der Waals surface area contributed by atoms with Gasteiger partial charge in [0.25, 0.3) is 0 Å². The van der Waals surface area contributed by atoms with E-state index in [2.05, 4.69) is 37.3 Å². The summed E-state index contributed by atoms with van der Waals surface area (Å²) in [5.74, 6) is 0. The summed E-state index contributed by atoms with van der Waals surface area (Å²) in [7, 11) is 0. The van der Waals surface area contributed by atoms with Crippen molar-refractivity contribution in [3.05, 3.63) is 35.9 Å². The van der Waals surface area contributed by atoms with Crippen LogP contribution in [0.5, 0.6) is 0 Å². The third kappa shape index (κ3) is 17.1. The fourth-order valence-corrected chi connectivity index (χ4v) is 2.46. The molecule has 0 unspecified atom stereocenters. The molecule has 1 radical (unpaired) electrons. The number of benzene rings is 1. The van der Waals surface area contributed by atoms with E-state index < -0.39 is 0 Å². The topological polar surface area (TPSA) is 0 Å². The maximum absolute atomic E-state index is 2.28. The standard InChI is InChI=1S/C18H30.Na.2H2S/c1-2-3-4-5-6-7-8-9-10-12-15-18-16-13-11-14-17-18;;;/h11,13-14,16-17H,2-10,12,15H2,1H3;;2*1H2. The third-order valence-corrected chi connectivity index (χ3v) is 3.66. The van der Waals surface area contributed by atoms with Crippen molar-refractivity contribution in [3.8, 4) is 0 Å². The molecule has 0 fully saturated rings. The molecular formula is C18H34NaS2. The van der Waals surface area contributed by atoms with Crippen LogP contribution < -0.4 is 0 Å². The van der Waals surface area contributed by atoms with Crippen LogP contribution >= 0.6 is 27.0 Å². The SMILES string of the molecule is CCCCCCCCCCCCc1ccccc1.S.S.[Na]. The first-order valence-electron chi connectivity index (χ1n) is 7.97. The van der Waals surface area contributed by atoms with E-state index in [-0.39, 0.29) is 56.5 Å². The van der Waals surface area contributed by atoms with Crippen molar-refractivity contribution in [2.75, 3.05) is 0 Å². The van der Waals surface area contributed by atoms with Gasteiger partial charge in [0.2, 0.25) is 0 Å². The monoisotopic (exact) mass is 337 g/mol. The molecule has 0 atom stereocenters. The van der Waals surface area contributed by atoms with Crippen LogP contribution in [0.4, 0.5) is 0 Å². The zero-order valence-electron chi connectivity index (χ0n) is 14.2. The molecule has 0 aliphatic rings. The minimum atomic E-state index is 0. The molecule has 0 N–H and O–H groups in total. The maximum atomic E-state index is 2.28. The third-order valence-electron chi connectivity index (χ3n) is 3.66. The van der Waals surface area contributed by atoms with Crippen LogP contribution in [0.15, 0.2) is 30.3 Å². The summed E-state index contributed by atoms with van der Waals surface area (Å²) in [6, 6.07) is 10.9. The molecule has 1 aromatic carbocycles. The second kappa shape index (κ2) is 20.9. The molecule has 0 aromatic heterocycles. The van der Waals surface area contributed by atoms with Crippen molar-refractivity contribution in [2.45, 2.75) is 77.6 Å². The van der Waals surface area contributed by atoms with E-state index in [1.54, 1.807) is 0 Å². The Hall–Kier alpha value is 0.920. The van der Waals surface area contributed by atoms with Gasteiger partial charge in [-0.1, -0.05) is 95.0 Å². The van der Waals surface area contributed by atoms with Gasteiger partial charge in [0.05, 0.1) is 0 Å². The summed E-state index contributed by atoms with van der Waals surface area (Å²) >= 11 is 0. The molecule has 0 amide bonds. The van der Waals surface area contributed by atoms with Gasteiger partial charge >= 0.3 is 0 Å². The Balaban J connectivity index is -0.00000108. The van der Waals surface area contributed by atoms with Gasteiger partial charge in [-0.25, -0.2) is 0 Å². The van der Waals surface area contributed by atoms with E-state index >= 15 is 0 Å². The minimum Gasteiger partial charge on any atom is -0.197 e. The Morgan fingerprint density at radius 1 is 0.619 bits per heavy atom. The summed E-state index contributed by atoms with van der Waals surface area (Å²) in [6.07, 6.45) is 15.5. The van der Waals surface area contributed by atoms with E-state index in [1.807, 2.05) is 0 Å². The Morgan fingerprint density at radius 2 is 1.05 bits per heavy atom. The van der Waals surface area contributed by atoms with Crippen molar-refractivity contribution in [1.29, 1.82) is 0 Å². The van der Waals surface area contributed by atoms with E-state index in [1.165, 1.54) is 76.2 Å². The first-order valence-corrected chi connectivity index (χ1v) is 7.97. The fourth-order valence-electron chi connectivity index (χ4n) is 2.46. The van der Waals surface area contributed by atoms with Gasteiger partial charge in [0, 0.05) is 29.6 Å². The molecule has 0 saturated heterocycles. The number of unbranched alkanes of at least 4 members (excludes halogenated alkanes) is 9. The molecule has 0 spiro atoms. The van der Waals surface area contributed by atoms with Crippen LogP contribution in [0.25, 0.3) is 0 Å². The molecule has 21 heavy (non-hydrogen) atoms. The second-order valence-electron chi connectivity index (χ2n) is 5.42. The summed E-state index contributed by atoms with van der Waals surface area (Å²) in [4.78, 5) is 0. The van der Waals surface area contributed by atoms with Crippen molar-refractivity contribution >= 4 is 56.5 Å². The van der Waals surface area contributed by atoms with Crippen LogP contribution in [-0.2, 0) is 6.42 Å². The van der Waals surface area contributed by atoms with Gasteiger partial charge in [0.15, 0.2) is 0 Å². The molecule has 3 heteroatoms. The average molecular weight is 338 g/mol. The molecule has 1 aromatic rings. The normalized spacial score (nSPS) is 9.19. The maximum Gasteiger partial charge on any atom is 0 e. The Labute approximate surface area is 169 Å². The van der Waals surface area contributed by atoms with Crippen LogP contribution in [0.2, 0.25) is 0 Å². The largest absolute Gasteiger partial charge is 0.197 e. The molecule has 0 aliphatic carbocycles. The van der Waals surface area contributed by atoms with Gasteiger partial charge in [-0.2, -0.15) is 27.0 Å². The first kappa shape index (κ1) is 26.8. The van der Waals surface area contributed by atoms with Crippen LogP contribution in [-0.4, -0.2) is 29.6 Å². The fraction of sp³-hybridized carbons (Fsp3) is 0.667. The predicted molar refractivity (Wildman–Crippen MR) is 109 cm³/mol. The molecule has 119 valence electrons. The summed E-state index contributed by atoms with van der Waals surface area (Å²) in [5.41, 5.74) is 1.50. The number of rotatable bonds is 11. The van der Waals surface area contributed by atoms with Gasteiger partial charge in [0.1, 0.15) is 0 Å². The van der Waals surface area contributed by atoms with E-state index in [4.69, 9.17) is 0 Å². The van der Waals surface area contributed by atoms with Crippen LogP contribution in [0, 0.1) is 0 Å². The average Bonchev–Trinajstić information content (AvgIpc) is 2.42. The summed E-state index contributed by atoms with van der Waals surface area (Å²) in [5, 5.41) is 0. The van der Waals surface area contributed by atoms with Gasteiger partial charge in [-0.15, -0.1) is 0 Å². The van der Waals surface area contributed by atoms with E-state index in [0.717, 1.165) is 0 Å². The molecule has 0 aliphatic heterocycles. The van der Waals surface area contributed by atoms with Gasteiger partial charge in [-0.05, 0) is 18.4 Å².